The van der Waals surface area contributed by atoms with Crippen molar-refractivity contribution in [3.63, 3.8) is 0 Å². The highest BCUT2D eigenvalue weighted by Gasteiger charge is 2.27. The fourth-order valence-corrected chi connectivity index (χ4v) is 2.47. The fourth-order valence-electron chi connectivity index (χ4n) is 2.47. The van der Waals surface area contributed by atoms with E-state index in [1.807, 2.05) is 0 Å². The zero-order chi connectivity index (χ0) is 10.8. The van der Waals surface area contributed by atoms with Gasteiger partial charge in [0.1, 0.15) is 0 Å². The van der Waals surface area contributed by atoms with E-state index in [0.717, 1.165) is 25.7 Å². The lowest BCUT2D eigenvalue weighted by atomic mass is 9.98. The highest BCUT2D eigenvalue weighted by Crippen LogP contribution is 2.32. The highest BCUT2D eigenvalue weighted by atomic mass is 16.2. The maximum absolute atomic E-state index is 11.4. The molecule has 1 aromatic rings. The zero-order valence-electron chi connectivity index (χ0n) is 8.53. The Labute approximate surface area is 86.5 Å². The van der Waals surface area contributed by atoms with Gasteiger partial charge < -0.3 is 5.73 Å². The summed E-state index contributed by atoms with van der Waals surface area (Å²) in [5, 5.41) is 4.58. The van der Waals surface area contributed by atoms with E-state index in [1.54, 1.807) is 0 Å². The first-order chi connectivity index (χ1) is 7.24. The molecule has 6 nitrogen and oxygen atoms in total. The Bertz CT molecular complexity index is 396. The largest absolute Gasteiger partial charge is 0.344 e. The molecule has 2 rings (SSSR count). The van der Waals surface area contributed by atoms with Gasteiger partial charge in [-0.25, -0.2) is 24.4 Å². The molecule has 6 heteroatoms. The summed E-state index contributed by atoms with van der Waals surface area (Å²) in [6.07, 6.45) is 4.44. The summed E-state index contributed by atoms with van der Waals surface area (Å²) in [6, 6.07) is -0.157. The van der Waals surface area contributed by atoms with Crippen molar-refractivity contribution in [2.24, 2.45) is 11.7 Å². The van der Waals surface area contributed by atoms with Crippen LogP contribution in [0.5, 0.6) is 0 Å². The summed E-state index contributed by atoms with van der Waals surface area (Å²) >= 11 is 0. The first-order valence-corrected chi connectivity index (χ1v) is 5.33. The molecule has 1 aliphatic rings. The van der Waals surface area contributed by atoms with Crippen molar-refractivity contribution in [1.82, 2.24) is 14.8 Å². The van der Waals surface area contributed by atoms with Crippen molar-refractivity contribution in [2.45, 2.75) is 31.7 Å². The summed E-state index contributed by atoms with van der Waals surface area (Å²) in [7, 11) is 0. The van der Waals surface area contributed by atoms with Crippen LogP contribution in [-0.2, 0) is 0 Å². The van der Waals surface area contributed by atoms with Crippen LogP contribution in [0, 0.1) is 5.92 Å². The van der Waals surface area contributed by atoms with Crippen LogP contribution in [0.3, 0.4) is 0 Å². The van der Waals surface area contributed by atoms with Crippen molar-refractivity contribution < 1.29 is 0 Å². The molecule has 1 aromatic heterocycles. The van der Waals surface area contributed by atoms with Crippen molar-refractivity contribution in [3.05, 3.63) is 21.0 Å². The van der Waals surface area contributed by atoms with Gasteiger partial charge in [-0.3, -0.25) is 0 Å². The summed E-state index contributed by atoms with van der Waals surface area (Å²) in [5.41, 5.74) is 4.88. The molecule has 1 heterocycles. The van der Waals surface area contributed by atoms with E-state index >= 15 is 0 Å². The fraction of sp³-hybridized carbons (Fsp3) is 0.778. The van der Waals surface area contributed by atoms with Crippen molar-refractivity contribution >= 4 is 0 Å². The minimum atomic E-state index is -0.387. The molecular formula is C9H16N4O2. The summed E-state index contributed by atoms with van der Waals surface area (Å²) in [4.78, 5) is 22.8. The summed E-state index contributed by atoms with van der Waals surface area (Å²) in [5.74, 6) is 0.365. The molecule has 0 aliphatic heterocycles. The van der Waals surface area contributed by atoms with E-state index in [2.05, 4.69) is 10.2 Å². The van der Waals surface area contributed by atoms with Crippen molar-refractivity contribution in [2.75, 3.05) is 6.54 Å². The van der Waals surface area contributed by atoms with Crippen LogP contribution >= 0.6 is 0 Å². The number of hydrogen-bond acceptors (Lipinski definition) is 3. The predicted molar refractivity (Wildman–Crippen MR) is 55.7 cm³/mol. The van der Waals surface area contributed by atoms with Gasteiger partial charge in [-0.1, -0.05) is 12.8 Å². The number of H-pyrrole nitrogens is 2. The maximum Gasteiger partial charge on any atom is 0.344 e. The third kappa shape index (κ3) is 1.77. The molecule has 4 N–H and O–H groups in total. The zero-order valence-corrected chi connectivity index (χ0v) is 8.53. The van der Waals surface area contributed by atoms with Crippen LogP contribution in [-0.4, -0.2) is 21.3 Å². The number of aromatic nitrogens is 3. The number of hydrogen-bond donors (Lipinski definition) is 3. The lowest BCUT2D eigenvalue weighted by molar-refractivity contribution is 0.329. The minimum absolute atomic E-state index is 0.157. The number of nitrogens with one attached hydrogen (secondary N) is 2. The molecule has 84 valence electrons. The van der Waals surface area contributed by atoms with Gasteiger partial charge in [0.25, 0.3) is 0 Å². The standard InChI is InChI=1S/C9H16N4O2/c10-5-7(6-3-1-2-4-6)13-8(14)11-12-9(13)15/h6-7H,1-5,10H2,(H,11,14)(H,12,15). The molecule has 0 amide bonds. The van der Waals surface area contributed by atoms with E-state index in [1.165, 1.54) is 4.57 Å². The topological polar surface area (TPSA) is 96.7 Å². The summed E-state index contributed by atoms with van der Waals surface area (Å²) < 4.78 is 1.22. The van der Waals surface area contributed by atoms with Crippen LogP contribution in [0.4, 0.5) is 0 Å². The molecule has 1 aliphatic carbocycles. The van der Waals surface area contributed by atoms with Gasteiger partial charge in [0, 0.05) is 6.54 Å². The van der Waals surface area contributed by atoms with Crippen LogP contribution in [0.25, 0.3) is 0 Å². The molecule has 1 fully saturated rings. The Morgan fingerprint density at radius 1 is 1.27 bits per heavy atom. The van der Waals surface area contributed by atoms with Crippen molar-refractivity contribution in [1.29, 1.82) is 0 Å². The second-order valence-electron chi connectivity index (χ2n) is 4.08. The first kappa shape index (κ1) is 10.2. The van der Waals surface area contributed by atoms with Gasteiger partial charge >= 0.3 is 11.4 Å². The van der Waals surface area contributed by atoms with E-state index in [0.29, 0.717) is 12.5 Å². The molecule has 15 heavy (non-hydrogen) atoms. The molecule has 1 unspecified atom stereocenters. The smallest absolute Gasteiger partial charge is 0.328 e. The van der Waals surface area contributed by atoms with Crippen molar-refractivity contribution in [3.8, 4) is 0 Å². The Kier molecular flexibility index (Phi) is 2.77. The number of nitrogens with two attached hydrogens (primary N) is 1. The Balaban J connectivity index is 2.33. The Morgan fingerprint density at radius 3 is 2.27 bits per heavy atom. The average molecular weight is 212 g/mol. The third-order valence-corrected chi connectivity index (χ3v) is 3.23. The van der Waals surface area contributed by atoms with Gasteiger partial charge in [-0.05, 0) is 18.8 Å². The predicted octanol–water partition coefficient (Wildman–Crippen LogP) is -0.445. The third-order valence-electron chi connectivity index (χ3n) is 3.23. The molecule has 0 radical (unpaired) electrons. The first-order valence-electron chi connectivity index (χ1n) is 5.33. The lowest BCUT2D eigenvalue weighted by Crippen LogP contribution is -2.38. The molecular weight excluding hydrogens is 196 g/mol. The number of aromatic amines is 2. The molecule has 0 aromatic carbocycles. The molecule has 1 saturated carbocycles. The number of nitrogens with zero attached hydrogens (tertiary/aromatic N) is 1. The van der Waals surface area contributed by atoms with Gasteiger partial charge in [0.05, 0.1) is 6.04 Å². The molecule has 0 spiro atoms. The molecule has 0 bridgehead atoms. The lowest BCUT2D eigenvalue weighted by Gasteiger charge is -2.20. The SMILES string of the molecule is NCC(C1CCCC1)n1c(=O)[nH][nH]c1=O. The second kappa shape index (κ2) is 4.06. The normalized spacial score (nSPS) is 19.5. The molecule has 0 saturated heterocycles. The van der Waals surface area contributed by atoms with E-state index in [-0.39, 0.29) is 17.4 Å². The van der Waals surface area contributed by atoms with Gasteiger partial charge in [0.15, 0.2) is 0 Å². The van der Waals surface area contributed by atoms with E-state index in [4.69, 9.17) is 5.73 Å². The number of rotatable bonds is 3. The minimum Gasteiger partial charge on any atom is -0.328 e. The van der Waals surface area contributed by atoms with Crippen LogP contribution in [0.2, 0.25) is 0 Å². The maximum atomic E-state index is 11.4. The van der Waals surface area contributed by atoms with Crippen LogP contribution in [0.1, 0.15) is 31.7 Å². The van der Waals surface area contributed by atoms with Crippen LogP contribution < -0.4 is 17.1 Å². The Hall–Kier alpha value is -1.30. The highest BCUT2D eigenvalue weighted by molar-refractivity contribution is 4.84. The van der Waals surface area contributed by atoms with Crippen LogP contribution in [0.15, 0.2) is 9.59 Å². The van der Waals surface area contributed by atoms with E-state index < -0.39 is 0 Å². The van der Waals surface area contributed by atoms with Gasteiger partial charge in [-0.15, -0.1) is 0 Å². The second-order valence-corrected chi connectivity index (χ2v) is 4.08. The van der Waals surface area contributed by atoms with E-state index in [9.17, 15) is 9.59 Å². The quantitative estimate of drug-likeness (QED) is 0.633. The van der Waals surface area contributed by atoms with Gasteiger partial charge in [-0.2, -0.15) is 0 Å². The average Bonchev–Trinajstić information content (AvgIpc) is 2.83. The van der Waals surface area contributed by atoms with Gasteiger partial charge in [0.2, 0.25) is 0 Å². The Morgan fingerprint density at radius 2 is 1.80 bits per heavy atom. The molecule has 1 atom stereocenters. The monoisotopic (exact) mass is 212 g/mol. The summed E-state index contributed by atoms with van der Waals surface area (Å²) in [6.45, 7) is 0.339.